The van der Waals surface area contributed by atoms with Gasteiger partial charge in [0.05, 0.1) is 22.9 Å². The molecule has 122 valence electrons. The van der Waals surface area contributed by atoms with Gasteiger partial charge in [-0.3, -0.25) is 9.20 Å². The zero-order chi connectivity index (χ0) is 16.6. The lowest BCUT2D eigenvalue weighted by Crippen LogP contribution is -2.45. The van der Waals surface area contributed by atoms with Crippen LogP contribution in [0.5, 0.6) is 0 Å². The highest BCUT2D eigenvalue weighted by Crippen LogP contribution is 2.29. The third-order valence-electron chi connectivity index (χ3n) is 4.39. The number of nitrogens with one attached hydrogen (secondary N) is 2. The van der Waals surface area contributed by atoms with E-state index in [1.165, 1.54) is 11.8 Å². The van der Waals surface area contributed by atoms with Gasteiger partial charge in [0, 0.05) is 0 Å². The normalized spacial score (nSPS) is 16.5. The van der Waals surface area contributed by atoms with E-state index in [-0.39, 0.29) is 11.7 Å². The molecule has 7 nitrogen and oxygen atoms in total. The maximum absolute atomic E-state index is 12.3. The largest absolute Gasteiger partial charge is 0.337 e. The molecule has 24 heavy (non-hydrogen) atoms. The summed E-state index contributed by atoms with van der Waals surface area (Å²) in [5.41, 5.74) is 1.15. The van der Waals surface area contributed by atoms with E-state index in [2.05, 4.69) is 26.6 Å². The fourth-order valence-electron chi connectivity index (χ4n) is 3.22. The summed E-state index contributed by atoms with van der Waals surface area (Å²) in [6.07, 6.45) is 3.45. The highest BCUT2D eigenvalue weighted by molar-refractivity contribution is 7.99. The lowest BCUT2D eigenvalue weighted by molar-refractivity contribution is -0.119. The average molecular weight is 340 g/mol. The monoisotopic (exact) mass is 340 g/mol. The first-order chi connectivity index (χ1) is 11.7. The minimum absolute atomic E-state index is 0.135. The number of para-hydroxylation sites is 2. The van der Waals surface area contributed by atoms with Gasteiger partial charge in [0.2, 0.25) is 11.7 Å². The Morgan fingerprint density at radius 1 is 1.42 bits per heavy atom. The first kappa shape index (κ1) is 15.0. The van der Waals surface area contributed by atoms with Crippen LogP contribution in [0.2, 0.25) is 0 Å². The third-order valence-corrected chi connectivity index (χ3v) is 5.32. The number of hydrogen-bond donors (Lipinski definition) is 2. The molecule has 0 unspecified atom stereocenters. The van der Waals surface area contributed by atoms with Crippen LogP contribution < -0.4 is 5.32 Å². The molecule has 0 radical (unpaired) electrons. The van der Waals surface area contributed by atoms with Gasteiger partial charge in [-0.05, 0) is 37.8 Å². The molecule has 3 aromatic rings. The number of nitriles is 1. The second-order valence-corrected chi connectivity index (χ2v) is 6.95. The van der Waals surface area contributed by atoms with Crippen molar-refractivity contribution in [2.75, 3.05) is 5.75 Å². The maximum Gasteiger partial charge on any atom is 0.231 e. The Hall–Kier alpha value is -2.53. The predicted molar refractivity (Wildman–Crippen MR) is 90.5 cm³/mol. The Balaban J connectivity index is 1.51. The second-order valence-electron chi connectivity index (χ2n) is 6.00. The number of nitrogens with zero attached hydrogens (tertiary/aromatic N) is 4. The number of thioether (sulfide) groups is 1. The fraction of sp³-hybridized carbons (Fsp3) is 0.375. The molecule has 0 atom stereocenters. The number of aromatic nitrogens is 4. The molecule has 1 fully saturated rings. The molecule has 0 saturated heterocycles. The molecule has 8 heteroatoms. The summed E-state index contributed by atoms with van der Waals surface area (Å²) in [4.78, 5) is 16.7. The van der Waals surface area contributed by atoms with Crippen molar-refractivity contribution in [1.29, 1.82) is 5.26 Å². The van der Waals surface area contributed by atoms with Crippen LogP contribution in [0.3, 0.4) is 0 Å². The Morgan fingerprint density at radius 3 is 3.00 bits per heavy atom. The van der Waals surface area contributed by atoms with Crippen molar-refractivity contribution in [3.63, 3.8) is 0 Å². The van der Waals surface area contributed by atoms with Crippen LogP contribution in [0.4, 0.5) is 0 Å². The topological polar surface area (TPSA) is 98.9 Å². The standard InChI is InChI=1S/C16H16N6OS/c17-10-16(7-3-4-8-16)19-13(23)9-24-15-21-20-14-18-11-5-1-2-6-12(11)22(14)15/h1-2,5-6H,3-4,7-9H2,(H,18,20)(H,19,23). The molecule has 0 bridgehead atoms. The molecule has 4 rings (SSSR count). The highest BCUT2D eigenvalue weighted by Gasteiger charge is 2.35. The molecule has 2 N–H and O–H groups in total. The fourth-order valence-corrected chi connectivity index (χ4v) is 3.97. The Kier molecular flexibility index (Phi) is 3.65. The summed E-state index contributed by atoms with van der Waals surface area (Å²) in [5, 5.41) is 20.1. The van der Waals surface area contributed by atoms with Gasteiger partial charge in [-0.15, -0.1) is 5.10 Å². The third kappa shape index (κ3) is 2.51. The second kappa shape index (κ2) is 5.83. The van der Waals surface area contributed by atoms with E-state index in [4.69, 9.17) is 0 Å². The molecular weight excluding hydrogens is 324 g/mol. The summed E-state index contributed by atoms with van der Waals surface area (Å²) < 4.78 is 1.91. The lowest BCUT2D eigenvalue weighted by atomic mass is 10.0. The molecule has 2 heterocycles. The number of benzene rings is 1. The number of H-pyrrole nitrogens is 1. The Labute approximate surface area is 142 Å². The number of amides is 1. The van der Waals surface area contributed by atoms with Crippen LogP contribution in [-0.2, 0) is 4.79 Å². The first-order valence-corrected chi connectivity index (χ1v) is 8.86. The van der Waals surface area contributed by atoms with Gasteiger partial charge in [-0.25, -0.2) is 10.1 Å². The SMILES string of the molecule is N#CC1(NC(=O)CSc2n[nH]c3nc4ccccc4n23)CCCC1. The summed E-state index contributed by atoms with van der Waals surface area (Å²) in [7, 11) is 0. The molecule has 1 aliphatic rings. The molecule has 0 aliphatic heterocycles. The Bertz CT molecular complexity index is 946. The summed E-state index contributed by atoms with van der Waals surface area (Å²) in [6, 6.07) is 10.1. The number of imidazole rings is 1. The van der Waals surface area contributed by atoms with Crippen LogP contribution in [0.25, 0.3) is 16.8 Å². The Morgan fingerprint density at radius 2 is 2.21 bits per heavy atom. The van der Waals surface area contributed by atoms with E-state index in [0.29, 0.717) is 10.9 Å². The molecule has 1 aliphatic carbocycles. The molecule has 0 spiro atoms. The van der Waals surface area contributed by atoms with Gasteiger partial charge < -0.3 is 5.32 Å². The van der Waals surface area contributed by atoms with E-state index in [0.717, 1.165) is 36.7 Å². The van der Waals surface area contributed by atoms with Gasteiger partial charge >= 0.3 is 0 Å². The first-order valence-electron chi connectivity index (χ1n) is 7.87. The van der Waals surface area contributed by atoms with E-state index >= 15 is 0 Å². The van der Waals surface area contributed by atoms with Crippen molar-refractivity contribution in [3.05, 3.63) is 24.3 Å². The van der Waals surface area contributed by atoms with Crippen LogP contribution in [0.15, 0.2) is 29.4 Å². The van der Waals surface area contributed by atoms with Crippen LogP contribution in [0, 0.1) is 11.3 Å². The average Bonchev–Trinajstić information content (AvgIpc) is 3.28. The van der Waals surface area contributed by atoms with Crippen LogP contribution >= 0.6 is 11.8 Å². The van der Waals surface area contributed by atoms with Crippen LogP contribution in [0.1, 0.15) is 25.7 Å². The van der Waals surface area contributed by atoms with Crippen molar-refractivity contribution in [2.45, 2.75) is 36.4 Å². The van der Waals surface area contributed by atoms with Gasteiger partial charge in [0.15, 0.2) is 5.16 Å². The van der Waals surface area contributed by atoms with Crippen molar-refractivity contribution in [2.24, 2.45) is 0 Å². The summed E-state index contributed by atoms with van der Waals surface area (Å²) in [5.74, 6) is 0.739. The zero-order valence-corrected chi connectivity index (χ0v) is 13.8. The van der Waals surface area contributed by atoms with Gasteiger partial charge in [0.25, 0.3) is 0 Å². The number of carbonyl (C=O) groups is 1. The van der Waals surface area contributed by atoms with Crippen molar-refractivity contribution < 1.29 is 4.79 Å². The van der Waals surface area contributed by atoms with E-state index in [9.17, 15) is 10.1 Å². The molecule has 1 amide bonds. The maximum atomic E-state index is 12.3. The lowest BCUT2D eigenvalue weighted by Gasteiger charge is -2.21. The van der Waals surface area contributed by atoms with E-state index in [1.807, 2.05) is 28.7 Å². The van der Waals surface area contributed by atoms with Crippen molar-refractivity contribution in [3.8, 4) is 6.07 Å². The molecular formula is C16H16N6OS. The van der Waals surface area contributed by atoms with Crippen molar-refractivity contribution >= 4 is 34.5 Å². The van der Waals surface area contributed by atoms with E-state index < -0.39 is 5.54 Å². The van der Waals surface area contributed by atoms with Gasteiger partial charge in [0.1, 0.15) is 5.54 Å². The van der Waals surface area contributed by atoms with E-state index in [1.54, 1.807) is 0 Å². The number of rotatable bonds is 4. The summed E-state index contributed by atoms with van der Waals surface area (Å²) >= 11 is 1.34. The minimum Gasteiger partial charge on any atom is -0.337 e. The molecule has 1 aromatic carbocycles. The molecule has 2 aromatic heterocycles. The number of fused-ring (bicyclic) bond motifs is 3. The minimum atomic E-state index is -0.680. The number of carbonyl (C=O) groups excluding carboxylic acids is 1. The highest BCUT2D eigenvalue weighted by atomic mass is 32.2. The molecule has 1 saturated carbocycles. The number of aromatic amines is 1. The van der Waals surface area contributed by atoms with Gasteiger partial charge in [-0.2, -0.15) is 5.26 Å². The zero-order valence-electron chi connectivity index (χ0n) is 13.0. The van der Waals surface area contributed by atoms with Crippen molar-refractivity contribution in [1.82, 2.24) is 24.9 Å². The van der Waals surface area contributed by atoms with Gasteiger partial charge in [-0.1, -0.05) is 23.9 Å². The van der Waals surface area contributed by atoms with Crippen LogP contribution in [-0.4, -0.2) is 36.8 Å². The quantitative estimate of drug-likeness (QED) is 0.710. The number of hydrogen-bond acceptors (Lipinski definition) is 5. The summed E-state index contributed by atoms with van der Waals surface area (Å²) in [6.45, 7) is 0. The predicted octanol–water partition coefficient (Wildman–Crippen LogP) is 2.26. The smallest absolute Gasteiger partial charge is 0.231 e.